The van der Waals surface area contributed by atoms with Gasteiger partial charge in [0, 0.05) is 6.42 Å². The van der Waals surface area contributed by atoms with Crippen molar-refractivity contribution in [3.8, 4) is 0 Å². The summed E-state index contributed by atoms with van der Waals surface area (Å²) in [5.74, 6) is 0.331. The lowest BCUT2D eigenvalue weighted by atomic mass is 10.1. The molecule has 0 spiro atoms. The molecule has 2 atom stereocenters. The van der Waals surface area contributed by atoms with Gasteiger partial charge in [0.25, 0.3) is 5.54 Å². The first-order valence-corrected chi connectivity index (χ1v) is 6.89. The van der Waals surface area contributed by atoms with Gasteiger partial charge < -0.3 is 9.58 Å². The van der Waals surface area contributed by atoms with Gasteiger partial charge in [0.1, 0.15) is 6.61 Å². The molecule has 0 radical (unpaired) electrons. The van der Waals surface area contributed by atoms with Gasteiger partial charge in [-0.25, -0.2) is 6.57 Å². The molecule has 1 saturated carbocycles. The monoisotopic (exact) mass is 263 g/mol. The summed E-state index contributed by atoms with van der Waals surface area (Å²) in [6.45, 7) is 8.58. The van der Waals surface area contributed by atoms with Gasteiger partial charge >= 0.3 is 0 Å². The van der Waals surface area contributed by atoms with E-state index < -0.39 is 0 Å². The van der Waals surface area contributed by atoms with Crippen molar-refractivity contribution in [3.63, 3.8) is 0 Å². The van der Waals surface area contributed by atoms with Gasteiger partial charge in [-0.3, -0.25) is 0 Å². The van der Waals surface area contributed by atoms with Gasteiger partial charge in [0.2, 0.25) is 0 Å². The normalized spacial score (nSPS) is 24.1. The van der Waals surface area contributed by atoms with Crippen LogP contribution in [-0.4, -0.2) is 12.1 Å². The van der Waals surface area contributed by atoms with Gasteiger partial charge in [-0.1, -0.05) is 60.7 Å². The summed E-state index contributed by atoms with van der Waals surface area (Å²) in [7, 11) is 0. The Morgan fingerprint density at radius 1 is 1.05 bits per heavy atom. The van der Waals surface area contributed by atoms with E-state index in [1.54, 1.807) is 0 Å². The highest BCUT2D eigenvalue weighted by Crippen LogP contribution is 2.54. The lowest BCUT2D eigenvalue weighted by Gasteiger charge is -2.07. The van der Waals surface area contributed by atoms with Crippen LogP contribution in [-0.2, 0) is 11.3 Å². The summed E-state index contributed by atoms with van der Waals surface area (Å²) in [6.07, 6.45) is 0.912. The Morgan fingerprint density at radius 3 is 2.35 bits per heavy atom. The first kappa shape index (κ1) is 12.9. The Labute approximate surface area is 119 Å². The summed E-state index contributed by atoms with van der Waals surface area (Å²) in [4.78, 5) is 3.85. The van der Waals surface area contributed by atoms with Crippen LogP contribution in [0.2, 0.25) is 0 Å². The molecule has 0 bridgehead atoms. The van der Waals surface area contributed by atoms with Crippen molar-refractivity contribution in [2.75, 3.05) is 6.61 Å². The van der Waals surface area contributed by atoms with E-state index in [0.29, 0.717) is 19.1 Å². The summed E-state index contributed by atoms with van der Waals surface area (Å²) in [6, 6.07) is 20.4. The molecule has 2 heteroatoms. The summed E-state index contributed by atoms with van der Waals surface area (Å²) >= 11 is 0. The summed E-state index contributed by atoms with van der Waals surface area (Å²) in [5.41, 5.74) is 2.08. The maximum absolute atomic E-state index is 7.48. The fourth-order valence-electron chi connectivity index (χ4n) is 2.64. The zero-order chi connectivity index (χ0) is 13.8. The molecule has 0 saturated heterocycles. The van der Waals surface area contributed by atoms with Gasteiger partial charge in [-0.2, -0.15) is 0 Å². The Kier molecular flexibility index (Phi) is 3.54. The molecule has 2 aromatic rings. The number of hydrogen-bond acceptors (Lipinski definition) is 1. The minimum absolute atomic E-state index is 0.331. The van der Waals surface area contributed by atoms with E-state index >= 15 is 0 Å². The molecular formula is C18H17NO. The molecule has 1 aliphatic rings. The zero-order valence-corrected chi connectivity index (χ0v) is 11.3. The lowest BCUT2D eigenvalue weighted by Crippen LogP contribution is -2.15. The van der Waals surface area contributed by atoms with Crippen molar-refractivity contribution < 1.29 is 4.74 Å². The summed E-state index contributed by atoms with van der Waals surface area (Å²) in [5, 5.41) is 0. The van der Waals surface area contributed by atoms with Crippen LogP contribution >= 0.6 is 0 Å². The van der Waals surface area contributed by atoms with Gasteiger partial charge in [0.15, 0.2) is 0 Å². The van der Waals surface area contributed by atoms with Crippen LogP contribution in [0.15, 0.2) is 60.7 Å². The maximum atomic E-state index is 7.48. The number of ether oxygens (including phenoxy) is 1. The molecule has 2 aromatic carbocycles. The van der Waals surface area contributed by atoms with Gasteiger partial charge in [0.05, 0.1) is 12.5 Å². The highest BCUT2D eigenvalue weighted by Gasteiger charge is 2.63. The minimum atomic E-state index is -0.337. The van der Waals surface area contributed by atoms with E-state index in [4.69, 9.17) is 11.3 Å². The van der Waals surface area contributed by atoms with E-state index in [1.165, 1.54) is 5.56 Å². The SMILES string of the molecule is [C-]#[N+]C1(COCc2ccccc2)CC1c1ccccc1. The lowest BCUT2D eigenvalue weighted by molar-refractivity contribution is 0.109. The Bertz CT molecular complexity index is 602. The van der Waals surface area contributed by atoms with Crippen LogP contribution in [0.25, 0.3) is 4.85 Å². The second-order valence-electron chi connectivity index (χ2n) is 5.36. The van der Waals surface area contributed by atoms with Crippen LogP contribution in [0.3, 0.4) is 0 Å². The molecule has 20 heavy (non-hydrogen) atoms. The van der Waals surface area contributed by atoms with E-state index in [-0.39, 0.29) is 5.54 Å². The first-order chi connectivity index (χ1) is 9.84. The average Bonchev–Trinajstić information content (AvgIpc) is 3.24. The van der Waals surface area contributed by atoms with E-state index in [2.05, 4.69) is 17.0 Å². The highest BCUT2D eigenvalue weighted by atomic mass is 16.5. The van der Waals surface area contributed by atoms with Gasteiger partial charge in [-0.05, 0) is 11.1 Å². The molecule has 1 fully saturated rings. The molecule has 2 unspecified atom stereocenters. The van der Waals surface area contributed by atoms with Gasteiger partial charge in [-0.15, -0.1) is 0 Å². The van der Waals surface area contributed by atoms with Crippen molar-refractivity contribution in [1.82, 2.24) is 0 Å². The zero-order valence-electron chi connectivity index (χ0n) is 11.3. The quantitative estimate of drug-likeness (QED) is 0.742. The fourth-order valence-corrected chi connectivity index (χ4v) is 2.64. The van der Waals surface area contributed by atoms with Crippen molar-refractivity contribution in [2.24, 2.45) is 0 Å². The van der Waals surface area contributed by atoms with Crippen molar-refractivity contribution in [2.45, 2.75) is 24.5 Å². The molecule has 2 nitrogen and oxygen atoms in total. The number of hydrogen-bond donors (Lipinski definition) is 0. The van der Waals surface area contributed by atoms with Crippen LogP contribution in [0, 0.1) is 6.57 Å². The third-order valence-electron chi connectivity index (χ3n) is 3.93. The number of nitrogens with zero attached hydrogens (tertiary/aromatic N) is 1. The molecule has 1 aliphatic carbocycles. The highest BCUT2D eigenvalue weighted by molar-refractivity contribution is 5.37. The smallest absolute Gasteiger partial charge is 0.263 e. The van der Waals surface area contributed by atoms with Crippen LogP contribution in [0.5, 0.6) is 0 Å². The van der Waals surface area contributed by atoms with Crippen LogP contribution in [0.4, 0.5) is 0 Å². The number of rotatable bonds is 5. The van der Waals surface area contributed by atoms with Crippen molar-refractivity contribution >= 4 is 0 Å². The van der Waals surface area contributed by atoms with E-state index in [0.717, 1.165) is 12.0 Å². The Hall–Kier alpha value is -2.11. The number of benzene rings is 2. The Morgan fingerprint density at radius 2 is 1.70 bits per heavy atom. The maximum Gasteiger partial charge on any atom is 0.263 e. The van der Waals surface area contributed by atoms with Crippen molar-refractivity contribution in [1.29, 1.82) is 0 Å². The predicted molar refractivity (Wildman–Crippen MR) is 79.2 cm³/mol. The second kappa shape index (κ2) is 5.48. The molecule has 0 heterocycles. The topological polar surface area (TPSA) is 13.6 Å². The van der Waals surface area contributed by atoms with Crippen LogP contribution in [0.1, 0.15) is 23.5 Å². The molecule has 0 amide bonds. The molecule has 0 aromatic heterocycles. The molecular weight excluding hydrogens is 246 g/mol. The van der Waals surface area contributed by atoms with Crippen LogP contribution < -0.4 is 0 Å². The molecule has 100 valence electrons. The fraction of sp³-hybridized carbons (Fsp3) is 0.278. The standard InChI is InChI=1S/C18H17NO/c1-19-18(12-17(18)16-10-6-3-7-11-16)14-20-13-15-8-4-2-5-9-15/h2-11,17H,12-14H2. The largest absolute Gasteiger partial charge is 0.368 e. The molecule has 0 aliphatic heterocycles. The third kappa shape index (κ3) is 2.59. The predicted octanol–water partition coefficient (Wildman–Crippen LogP) is 4.05. The summed E-state index contributed by atoms with van der Waals surface area (Å²) < 4.78 is 5.78. The van der Waals surface area contributed by atoms with E-state index in [1.807, 2.05) is 48.5 Å². The third-order valence-corrected chi connectivity index (χ3v) is 3.93. The minimum Gasteiger partial charge on any atom is -0.368 e. The van der Waals surface area contributed by atoms with E-state index in [9.17, 15) is 0 Å². The second-order valence-corrected chi connectivity index (χ2v) is 5.36. The van der Waals surface area contributed by atoms with Crippen molar-refractivity contribution in [3.05, 3.63) is 83.2 Å². The molecule has 3 rings (SSSR count). The average molecular weight is 263 g/mol. The molecule has 0 N–H and O–H groups in total. The first-order valence-electron chi connectivity index (χ1n) is 6.89. The Balaban J connectivity index is 1.58.